The van der Waals surface area contributed by atoms with Crippen LogP contribution in [-0.2, 0) is 19.3 Å². The number of alkyl halides is 3. The standard InChI is InChI=1S/C23H23F3N2O/c1-16-8-9-21(29)18(13-16)15-28-12-4-11-27-10-3-7-20(27)22(28)17-5-2-6-19(14-17)23(24,25)26/h2-3,5-10,13-14,22,29H,4,11-12,15H2,1H3/t22-/m0/s1. The van der Waals surface area contributed by atoms with Crippen molar-refractivity contribution in [1.82, 2.24) is 9.47 Å². The second kappa shape index (κ2) is 7.59. The minimum atomic E-state index is -4.39. The number of phenols is 1. The summed E-state index contributed by atoms with van der Waals surface area (Å²) in [7, 11) is 0. The summed E-state index contributed by atoms with van der Waals surface area (Å²) in [6, 6.07) is 14.6. The zero-order valence-corrected chi connectivity index (χ0v) is 16.2. The van der Waals surface area contributed by atoms with Crippen LogP contribution in [0.15, 0.2) is 60.8 Å². The summed E-state index contributed by atoms with van der Waals surface area (Å²) >= 11 is 0. The maximum Gasteiger partial charge on any atom is 0.416 e. The molecule has 0 amide bonds. The van der Waals surface area contributed by atoms with Crippen molar-refractivity contribution in [3.8, 4) is 5.75 Å². The number of nitrogens with zero attached hydrogens (tertiary/aromatic N) is 2. The highest BCUT2D eigenvalue weighted by molar-refractivity contribution is 5.38. The van der Waals surface area contributed by atoms with Crippen molar-refractivity contribution in [3.05, 3.63) is 88.7 Å². The molecule has 29 heavy (non-hydrogen) atoms. The Bertz CT molecular complexity index is 1010. The number of rotatable bonds is 3. The van der Waals surface area contributed by atoms with Crippen LogP contribution in [0.2, 0.25) is 0 Å². The van der Waals surface area contributed by atoms with Crippen molar-refractivity contribution in [3.63, 3.8) is 0 Å². The largest absolute Gasteiger partial charge is 0.508 e. The Hall–Kier alpha value is -2.73. The van der Waals surface area contributed by atoms with Gasteiger partial charge in [0.15, 0.2) is 0 Å². The van der Waals surface area contributed by atoms with Gasteiger partial charge < -0.3 is 9.67 Å². The first-order valence-electron chi connectivity index (χ1n) is 9.67. The average Bonchev–Trinajstić information content (AvgIpc) is 3.05. The molecule has 1 aliphatic heterocycles. The van der Waals surface area contributed by atoms with Crippen LogP contribution >= 0.6 is 0 Å². The lowest BCUT2D eigenvalue weighted by molar-refractivity contribution is -0.137. The maximum absolute atomic E-state index is 13.3. The van der Waals surface area contributed by atoms with Gasteiger partial charge in [-0.25, -0.2) is 0 Å². The lowest BCUT2D eigenvalue weighted by atomic mass is 9.98. The van der Waals surface area contributed by atoms with E-state index < -0.39 is 11.7 Å². The van der Waals surface area contributed by atoms with Crippen LogP contribution in [-0.4, -0.2) is 21.1 Å². The quantitative estimate of drug-likeness (QED) is 0.627. The molecule has 6 heteroatoms. The zero-order valence-electron chi connectivity index (χ0n) is 16.2. The molecule has 4 rings (SSSR count). The van der Waals surface area contributed by atoms with E-state index in [4.69, 9.17) is 0 Å². The minimum absolute atomic E-state index is 0.207. The van der Waals surface area contributed by atoms with Crippen LogP contribution in [0.3, 0.4) is 0 Å². The molecule has 0 spiro atoms. The molecule has 3 aromatic rings. The number of aromatic nitrogens is 1. The summed E-state index contributed by atoms with van der Waals surface area (Å²) < 4.78 is 42.1. The molecule has 1 atom stereocenters. The number of fused-ring (bicyclic) bond motifs is 1. The third-order valence-corrected chi connectivity index (χ3v) is 5.49. The number of phenolic OH excluding ortho intramolecular Hbond substituents is 1. The normalized spacial score (nSPS) is 17.7. The Kier molecular flexibility index (Phi) is 5.13. The third kappa shape index (κ3) is 4.03. The van der Waals surface area contributed by atoms with Gasteiger partial charge >= 0.3 is 6.18 Å². The van der Waals surface area contributed by atoms with Crippen molar-refractivity contribution < 1.29 is 18.3 Å². The molecular formula is C23H23F3N2O. The van der Waals surface area contributed by atoms with Crippen molar-refractivity contribution in [1.29, 1.82) is 0 Å². The Balaban J connectivity index is 1.79. The molecule has 0 saturated carbocycles. The van der Waals surface area contributed by atoms with E-state index in [2.05, 4.69) is 9.47 Å². The summed E-state index contributed by atoms with van der Waals surface area (Å²) in [6.45, 7) is 3.95. The molecule has 152 valence electrons. The Morgan fingerprint density at radius 1 is 1.03 bits per heavy atom. The molecule has 0 bridgehead atoms. The smallest absolute Gasteiger partial charge is 0.416 e. The highest BCUT2D eigenvalue weighted by Crippen LogP contribution is 2.37. The highest BCUT2D eigenvalue weighted by Gasteiger charge is 2.33. The van der Waals surface area contributed by atoms with Crippen LogP contribution in [0.5, 0.6) is 5.75 Å². The average molecular weight is 400 g/mol. The molecule has 0 saturated heterocycles. The second-order valence-corrected chi connectivity index (χ2v) is 7.61. The summed E-state index contributed by atoms with van der Waals surface area (Å²) in [5.41, 5.74) is 2.74. The molecule has 2 heterocycles. The monoisotopic (exact) mass is 400 g/mol. The van der Waals surface area contributed by atoms with Gasteiger partial charge in [-0.15, -0.1) is 0 Å². The fourth-order valence-electron chi connectivity index (χ4n) is 4.14. The van der Waals surface area contributed by atoms with Crippen LogP contribution in [0.25, 0.3) is 0 Å². The van der Waals surface area contributed by atoms with Crippen molar-refractivity contribution in [2.45, 2.75) is 38.7 Å². The first-order valence-corrected chi connectivity index (χ1v) is 9.67. The number of aryl methyl sites for hydroxylation is 2. The summed E-state index contributed by atoms with van der Waals surface area (Å²) in [6.07, 6.45) is -1.53. The Morgan fingerprint density at radius 2 is 1.86 bits per heavy atom. The fraction of sp³-hybridized carbons (Fsp3) is 0.304. The van der Waals surface area contributed by atoms with Crippen molar-refractivity contribution in [2.24, 2.45) is 0 Å². The van der Waals surface area contributed by atoms with E-state index in [0.717, 1.165) is 42.4 Å². The van der Waals surface area contributed by atoms with Gasteiger partial charge in [-0.3, -0.25) is 4.90 Å². The number of hydrogen-bond donors (Lipinski definition) is 1. The van der Waals surface area contributed by atoms with E-state index in [1.807, 2.05) is 37.4 Å². The van der Waals surface area contributed by atoms with Gasteiger partial charge in [0.05, 0.1) is 11.6 Å². The number of benzene rings is 2. The molecule has 0 aliphatic carbocycles. The molecule has 2 aromatic carbocycles. The van der Waals surface area contributed by atoms with E-state index in [9.17, 15) is 18.3 Å². The van der Waals surface area contributed by atoms with E-state index in [1.165, 1.54) is 12.1 Å². The minimum Gasteiger partial charge on any atom is -0.508 e. The first kappa shape index (κ1) is 19.6. The van der Waals surface area contributed by atoms with Gasteiger partial charge in [-0.2, -0.15) is 13.2 Å². The summed E-state index contributed by atoms with van der Waals surface area (Å²) in [5, 5.41) is 10.3. The van der Waals surface area contributed by atoms with Crippen molar-refractivity contribution in [2.75, 3.05) is 6.54 Å². The van der Waals surface area contributed by atoms with Gasteiger partial charge in [0.25, 0.3) is 0 Å². The van der Waals surface area contributed by atoms with Gasteiger partial charge in [0, 0.05) is 37.1 Å². The first-order chi connectivity index (χ1) is 13.8. The maximum atomic E-state index is 13.3. The van der Waals surface area contributed by atoms with Crippen LogP contribution in [0, 0.1) is 6.92 Å². The summed E-state index contributed by atoms with van der Waals surface area (Å²) in [4.78, 5) is 2.16. The van der Waals surface area contributed by atoms with Gasteiger partial charge in [0.2, 0.25) is 0 Å². The Labute approximate surface area is 168 Å². The van der Waals surface area contributed by atoms with Gasteiger partial charge in [0.1, 0.15) is 5.75 Å². The topological polar surface area (TPSA) is 28.4 Å². The van der Waals surface area contributed by atoms with Gasteiger partial charge in [-0.05, 0) is 49.2 Å². The zero-order chi connectivity index (χ0) is 20.6. The molecule has 1 aliphatic rings. The van der Waals surface area contributed by atoms with E-state index in [0.29, 0.717) is 12.1 Å². The lowest BCUT2D eigenvalue weighted by Gasteiger charge is -2.31. The molecule has 1 aromatic heterocycles. The molecule has 3 nitrogen and oxygen atoms in total. The third-order valence-electron chi connectivity index (χ3n) is 5.49. The van der Waals surface area contributed by atoms with Crippen molar-refractivity contribution >= 4 is 0 Å². The van der Waals surface area contributed by atoms with E-state index in [-0.39, 0.29) is 11.8 Å². The van der Waals surface area contributed by atoms with Crippen LogP contribution in [0.1, 0.15) is 40.4 Å². The van der Waals surface area contributed by atoms with Crippen LogP contribution < -0.4 is 0 Å². The fourth-order valence-corrected chi connectivity index (χ4v) is 4.14. The SMILES string of the molecule is Cc1ccc(O)c(CN2CCCn3cccc3[C@@H]2c2cccc(C(F)(F)F)c2)c1. The van der Waals surface area contributed by atoms with E-state index in [1.54, 1.807) is 12.1 Å². The molecule has 1 N–H and O–H groups in total. The molecule has 0 radical (unpaired) electrons. The second-order valence-electron chi connectivity index (χ2n) is 7.61. The lowest BCUT2D eigenvalue weighted by Crippen LogP contribution is -2.29. The Morgan fingerprint density at radius 3 is 2.66 bits per heavy atom. The number of halogens is 3. The van der Waals surface area contributed by atoms with Crippen LogP contribution in [0.4, 0.5) is 13.2 Å². The molecule has 0 unspecified atom stereocenters. The predicted molar refractivity (Wildman–Crippen MR) is 106 cm³/mol. The number of hydrogen-bond acceptors (Lipinski definition) is 2. The summed E-state index contributed by atoms with van der Waals surface area (Å²) in [5.74, 6) is 0.207. The molecular weight excluding hydrogens is 377 g/mol. The van der Waals surface area contributed by atoms with Gasteiger partial charge in [-0.1, -0.05) is 29.8 Å². The van der Waals surface area contributed by atoms with E-state index >= 15 is 0 Å². The number of aromatic hydroxyl groups is 1. The predicted octanol–water partition coefficient (Wildman–Crippen LogP) is 5.52. The molecule has 0 fully saturated rings. The highest BCUT2D eigenvalue weighted by atomic mass is 19.4.